The van der Waals surface area contributed by atoms with Crippen molar-refractivity contribution in [3.8, 4) is 5.88 Å². The van der Waals surface area contributed by atoms with Gasteiger partial charge in [-0.1, -0.05) is 12.1 Å². The average Bonchev–Trinajstić information content (AvgIpc) is 3.04. The lowest BCUT2D eigenvalue weighted by Crippen LogP contribution is -2.15. The minimum Gasteiger partial charge on any atom is -0.476 e. The van der Waals surface area contributed by atoms with E-state index in [1.54, 1.807) is 28.8 Å². The summed E-state index contributed by atoms with van der Waals surface area (Å²) in [6, 6.07) is 7.82. The minimum absolute atomic E-state index is 0.117. The number of carbonyl (C=O) groups excluding carboxylic acids is 1. The molecule has 2 aromatic heterocycles. The molecule has 0 radical (unpaired) electrons. The van der Waals surface area contributed by atoms with Crippen LogP contribution in [0.3, 0.4) is 0 Å². The smallest absolute Gasteiger partial charge is 0.240 e. The highest BCUT2D eigenvalue weighted by molar-refractivity contribution is 5.90. The van der Waals surface area contributed by atoms with Crippen LogP contribution in [0.15, 0.2) is 36.7 Å². The fraction of sp³-hybridized carbons (Fsp3) is 0.267. The molecule has 7 heteroatoms. The number of nitrogens with one attached hydrogen (secondary N) is 1. The van der Waals surface area contributed by atoms with E-state index < -0.39 is 0 Å². The van der Waals surface area contributed by atoms with Gasteiger partial charge in [0.1, 0.15) is 0 Å². The summed E-state index contributed by atoms with van der Waals surface area (Å²) in [7, 11) is 3.66. The third-order valence-electron chi connectivity index (χ3n) is 3.28. The number of hydrogen-bond donors (Lipinski definition) is 1. The average molecular weight is 299 g/mol. The van der Waals surface area contributed by atoms with Gasteiger partial charge in [0.15, 0.2) is 0 Å². The van der Waals surface area contributed by atoms with E-state index in [4.69, 9.17) is 4.74 Å². The van der Waals surface area contributed by atoms with Gasteiger partial charge in [-0.05, 0) is 12.1 Å². The van der Waals surface area contributed by atoms with E-state index in [0.29, 0.717) is 11.6 Å². The summed E-state index contributed by atoms with van der Waals surface area (Å²) >= 11 is 0. The minimum atomic E-state index is -0.117. The number of aryl methyl sites for hydroxylation is 2. The number of para-hydroxylation sites is 1. The van der Waals surface area contributed by atoms with Crippen molar-refractivity contribution in [2.45, 2.75) is 6.42 Å². The molecule has 1 aromatic carbocycles. The normalized spacial score (nSPS) is 10.8. The molecular weight excluding hydrogens is 282 g/mol. The number of amides is 1. The molecule has 22 heavy (non-hydrogen) atoms. The molecule has 0 saturated carbocycles. The van der Waals surface area contributed by atoms with Gasteiger partial charge >= 0.3 is 0 Å². The molecule has 0 atom stereocenters. The van der Waals surface area contributed by atoms with Crippen LogP contribution in [0.1, 0.15) is 6.42 Å². The SMILES string of the molecule is Cn1cc(NC(=O)CCOc2nn(C)c3ccccc23)cn1. The number of hydrogen-bond acceptors (Lipinski definition) is 4. The second kappa shape index (κ2) is 5.88. The lowest BCUT2D eigenvalue weighted by molar-refractivity contribution is -0.116. The zero-order valence-electron chi connectivity index (χ0n) is 12.5. The van der Waals surface area contributed by atoms with Gasteiger partial charge in [0.25, 0.3) is 0 Å². The molecule has 114 valence electrons. The van der Waals surface area contributed by atoms with Crippen LogP contribution in [0, 0.1) is 0 Å². The van der Waals surface area contributed by atoms with Crippen LogP contribution in [0.5, 0.6) is 5.88 Å². The van der Waals surface area contributed by atoms with Gasteiger partial charge in [-0.2, -0.15) is 5.10 Å². The molecule has 2 heterocycles. The van der Waals surface area contributed by atoms with Gasteiger partial charge in [-0.15, -0.1) is 5.10 Å². The van der Waals surface area contributed by atoms with Crippen LogP contribution >= 0.6 is 0 Å². The molecule has 1 N–H and O–H groups in total. The maximum Gasteiger partial charge on any atom is 0.240 e. The van der Waals surface area contributed by atoms with Crippen molar-refractivity contribution in [3.63, 3.8) is 0 Å². The second-order valence-corrected chi connectivity index (χ2v) is 5.00. The standard InChI is InChI=1S/C15H17N5O2/c1-19-10-11(9-16-19)17-14(21)7-8-22-15-12-5-3-4-6-13(12)20(2)18-15/h3-6,9-10H,7-8H2,1-2H3,(H,17,21). The summed E-state index contributed by atoms with van der Waals surface area (Å²) in [6.07, 6.45) is 3.59. The molecule has 0 spiro atoms. The van der Waals surface area contributed by atoms with Crippen LogP contribution < -0.4 is 10.1 Å². The summed E-state index contributed by atoms with van der Waals surface area (Å²) in [6.45, 7) is 0.271. The van der Waals surface area contributed by atoms with E-state index in [1.165, 1.54) is 0 Å². The highest BCUT2D eigenvalue weighted by Crippen LogP contribution is 2.23. The Balaban J connectivity index is 1.57. The molecule has 0 aliphatic heterocycles. The summed E-state index contributed by atoms with van der Waals surface area (Å²) in [5, 5.41) is 12.0. The maximum atomic E-state index is 11.8. The fourth-order valence-corrected chi connectivity index (χ4v) is 2.24. The van der Waals surface area contributed by atoms with Gasteiger partial charge in [0, 0.05) is 20.3 Å². The Hall–Kier alpha value is -2.83. The molecule has 0 saturated heterocycles. The Kier molecular flexibility index (Phi) is 3.78. The Morgan fingerprint density at radius 3 is 2.91 bits per heavy atom. The second-order valence-electron chi connectivity index (χ2n) is 5.00. The molecule has 0 aliphatic rings. The van der Waals surface area contributed by atoms with E-state index in [1.807, 2.05) is 31.3 Å². The zero-order chi connectivity index (χ0) is 15.5. The van der Waals surface area contributed by atoms with Crippen LogP contribution in [0.2, 0.25) is 0 Å². The van der Waals surface area contributed by atoms with Crippen molar-refractivity contribution in [1.82, 2.24) is 19.6 Å². The topological polar surface area (TPSA) is 74.0 Å². The number of ether oxygens (including phenoxy) is 1. The first-order valence-corrected chi connectivity index (χ1v) is 6.96. The molecule has 0 fully saturated rings. The van der Waals surface area contributed by atoms with Gasteiger partial charge < -0.3 is 10.1 Å². The van der Waals surface area contributed by atoms with Crippen molar-refractivity contribution in [3.05, 3.63) is 36.7 Å². The largest absolute Gasteiger partial charge is 0.476 e. The fourth-order valence-electron chi connectivity index (χ4n) is 2.24. The monoisotopic (exact) mass is 299 g/mol. The van der Waals surface area contributed by atoms with Crippen molar-refractivity contribution >= 4 is 22.5 Å². The van der Waals surface area contributed by atoms with Crippen molar-refractivity contribution in [2.75, 3.05) is 11.9 Å². The first-order valence-electron chi connectivity index (χ1n) is 6.96. The summed E-state index contributed by atoms with van der Waals surface area (Å²) in [5.74, 6) is 0.431. The van der Waals surface area contributed by atoms with Gasteiger partial charge in [0.2, 0.25) is 11.8 Å². The van der Waals surface area contributed by atoms with Crippen LogP contribution in [0.25, 0.3) is 10.9 Å². The highest BCUT2D eigenvalue weighted by atomic mass is 16.5. The van der Waals surface area contributed by atoms with Crippen molar-refractivity contribution in [2.24, 2.45) is 14.1 Å². The Labute approximate surface area is 127 Å². The van der Waals surface area contributed by atoms with E-state index in [-0.39, 0.29) is 18.9 Å². The molecule has 0 aliphatic carbocycles. The number of fused-ring (bicyclic) bond motifs is 1. The van der Waals surface area contributed by atoms with Gasteiger partial charge in [-0.3, -0.25) is 14.2 Å². The number of carbonyl (C=O) groups is 1. The number of anilines is 1. The summed E-state index contributed by atoms with van der Waals surface area (Å²) in [5.41, 5.74) is 1.67. The highest BCUT2D eigenvalue weighted by Gasteiger charge is 2.10. The zero-order valence-corrected chi connectivity index (χ0v) is 12.5. The Morgan fingerprint density at radius 1 is 1.32 bits per heavy atom. The van der Waals surface area contributed by atoms with E-state index in [9.17, 15) is 4.79 Å². The molecule has 7 nitrogen and oxygen atoms in total. The molecule has 3 aromatic rings. The summed E-state index contributed by atoms with van der Waals surface area (Å²) < 4.78 is 9.04. The van der Waals surface area contributed by atoms with Crippen LogP contribution in [0.4, 0.5) is 5.69 Å². The maximum absolute atomic E-state index is 11.8. The molecular formula is C15H17N5O2. The van der Waals surface area contributed by atoms with Crippen molar-refractivity contribution in [1.29, 1.82) is 0 Å². The Bertz CT molecular complexity index is 805. The first kappa shape index (κ1) is 14.1. The Morgan fingerprint density at radius 2 is 2.14 bits per heavy atom. The molecule has 0 unspecified atom stereocenters. The van der Waals surface area contributed by atoms with Gasteiger partial charge in [-0.25, -0.2) is 0 Å². The van der Waals surface area contributed by atoms with E-state index in [2.05, 4.69) is 15.5 Å². The quantitative estimate of drug-likeness (QED) is 0.778. The van der Waals surface area contributed by atoms with E-state index in [0.717, 1.165) is 10.9 Å². The lowest BCUT2D eigenvalue weighted by Gasteiger charge is -2.04. The molecule has 1 amide bonds. The molecule has 0 bridgehead atoms. The summed E-state index contributed by atoms with van der Waals surface area (Å²) in [4.78, 5) is 11.8. The van der Waals surface area contributed by atoms with Gasteiger partial charge in [0.05, 0.1) is 35.8 Å². The lowest BCUT2D eigenvalue weighted by atomic mass is 10.2. The number of aromatic nitrogens is 4. The van der Waals surface area contributed by atoms with Crippen molar-refractivity contribution < 1.29 is 9.53 Å². The predicted octanol–water partition coefficient (Wildman–Crippen LogP) is 1.71. The third kappa shape index (κ3) is 2.93. The van der Waals surface area contributed by atoms with Crippen LogP contribution in [-0.2, 0) is 18.9 Å². The molecule has 3 rings (SSSR count). The third-order valence-corrected chi connectivity index (χ3v) is 3.28. The van der Waals surface area contributed by atoms with E-state index >= 15 is 0 Å². The van der Waals surface area contributed by atoms with Crippen LogP contribution in [-0.4, -0.2) is 32.1 Å². The predicted molar refractivity (Wildman–Crippen MR) is 82.7 cm³/mol. The first-order chi connectivity index (χ1) is 10.6. The number of benzene rings is 1. The number of nitrogens with zero attached hydrogens (tertiary/aromatic N) is 4. The number of rotatable bonds is 5.